The molecule has 1 aliphatic carbocycles. The van der Waals surface area contributed by atoms with Gasteiger partial charge in [-0.05, 0) is 68.0 Å². The van der Waals surface area contributed by atoms with Crippen molar-refractivity contribution in [3.05, 3.63) is 70.2 Å². The van der Waals surface area contributed by atoms with E-state index in [1.54, 1.807) is 42.5 Å². The van der Waals surface area contributed by atoms with Crippen LogP contribution in [0.2, 0.25) is 5.02 Å². The Kier molecular flexibility index (Phi) is 7.65. The average molecular weight is 442 g/mol. The van der Waals surface area contributed by atoms with Gasteiger partial charge >= 0.3 is 0 Å². The third-order valence-corrected chi connectivity index (χ3v) is 5.92. The minimum absolute atomic E-state index is 0.0509. The van der Waals surface area contributed by atoms with Gasteiger partial charge < -0.3 is 22.1 Å². The van der Waals surface area contributed by atoms with Gasteiger partial charge in [0.2, 0.25) is 5.91 Å². The van der Waals surface area contributed by atoms with Crippen molar-refractivity contribution in [2.24, 2.45) is 17.4 Å². The highest BCUT2D eigenvalue weighted by Gasteiger charge is 2.28. The fourth-order valence-corrected chi connectivity index (χ4v) is 4.05. The molecule has 1 aliphatic rings. The zero-order chi connectivity index (χ0) is 22.4. The lowest BCUT2D eigenvalue weighted by Gasteiger charge is -2.30. The number of carbonyl (C=O) groups excluding carboxylic acids is 2. The van der Waals surface area contributed by atoms with Crippen LogP contribution in [0.3, 0.4) is 0 Å². The molecule has 3 rings (SSSR count). The number of hydrogen-bond donors (Lipinski definition) is 5. The fourth-order valence-electron chi connectivity index (χ4n) is 3.86. The summed E-state index contributed by atoms with van der Waals surface area (Å²) in [4.78, 5) is 26.1. The number of nitrogen functional groups attached to an aromatic ring is 1. The normalized spacial score (nSPS) is 19.3. The number of nitrogens with two attached hydrogens (primary N) is 2. The van der Waals surface area contributed by atoms with E-state index in [0.717, 1.165) is 25.7 Å². The molecule has 0 spiro atoms. The first-order valence-electron chi connectivity index (χ1n) is 10.4. The van der Waals surface area contributed by atoms with E-state index >= 15 is 0 Å². The molecule has 2 aromatic rings. The molecular weight excluding hydrogens is 414 g/mol. The van der Waals surface area contributed by atoms with Gasteiger partial charge in [-0.3, -0.25) is 15.0 Å². The van der Waals surface area contributed by atoms with E-state index in [2.05, 4.69) is 10.6 Å². The molecule has 7 nitrogen and oxygen atoms in total. The maximum absolute atomic E-state index is 13.2. The average Bonchev–Trinajstić information content (AvgIpc) is 2.77. The van der Waals surface area contributed by atoms with Crippen LogP contribution in [0.25, 0.3) is 0 Å². The van der Waals surface area contributed by atoms with Crippen molar-refractivity contribution in [2.75, 3.05) is 6.54 Å². The van der Waals surface area contributed by atoms with Crippen molar-refractivity contribution in [1.29, 1.82) is 5.41 Å². The molecule has 1 atom stereocenters. The molecule has 0 unspecified atom stereocenters. The van der Waals surface area contributed by atoms with Crippen LogP contribution in [0.15, 0.2) is 48.5 Å². The molecule has 2 amide bonds. The number of carbonyl (C=O) groups is 2. The van der Waals surface area contributed by atoms with Crippen molar-refractivity contribution < 1.29 is 9.59 Å². The van der Waals surface area contributed by atoms with Crippen LogP contribution in [-0.2, 0) is 4.79 Å². The standard InChI is InChI=1S/C23H28ClN5O2/c24-18-6-2-3-15(12-18)20(23(31)28-19-9-7-14(13-25)8-10-19)29-22(30)17-5-1-4-16(11-17)21(26)27/h1-6,11-12,14,19-20H,7-10,13,25H2,(H3,26,27)(H,28,31)(H,29,30)/t14?,19?,20-/m0/s1. The minimum Gasteiger partial charge on any atom is -0.384 e. The molecule has 0 aliphatic heterocycles. The molecule has 0 heterocycles. The quantitative estimate of drug-likeness (QED) is 0.333. The fraction of sp³-hybridized carbons (Fsp3) is 0.348. The second-order valence-electron chi connectivity index (χ2n) is 7.92. The summed E-state index contributed by atoms with van der Waals surface area (Å²) in [7, 11) is 0. The summed E-state index contributed by atoms with van der Waals surface area (Å²) in [5.41, 5.74) is 12.6. The second-order valence-corrected chi connectivity index (χ2v) is 8.35. The van der Waals surface area contributed by atoms with Crippen LogP contribution in [-0.4, -0.2) is 30.2 Å². The highest BCUT2D eigenvalue weighted by atomic mass is 35.5. The van der Waals surface area contributed by atoms with Gasteiger partial charge in [0.05, 0.1) is 0 Å². The predicted molar refractivity (Wildman–Crippen MR) is 122 cm³/mol. The van der Waals surface area contributed by atoms with Gasteiger partial charge in [-0.25, -0.2) is 0 Å². The summed E-state index contributed by atoms with van der Waals surface area (Å²) in [6, 6.07) is 12.5. The third kappa shape index (κ3) is 6.06. The Hall–Kier alpha value is -2.90. The molecule has 7 N–H and O–H groups in total. The van der Waals surface area contributed by atoms with Crippen LogP contribution in [0.1, 0.15) is 53.2 Å². The van der Waals surface area contributed by atoms with Crippen molar-refractivity contribution in [1.82, 2.24) is 10.6 Å². The summed E-state index contributed by atoms with van der Waals surface area (Å²) in [6.45, 7) is 0.668. The number of hydrogen-bond acceptors (Lipinski definition) is 4. The van der Waals surface area contributed by atoms with E-state index < -0.39 is 11.9 Å². The van der Waals surface area contributed by atoms with Crippen LogP contribution < -0.4 is 22.1 Å². The van der Waals surface area contributed by atoms with Gasteiger partial charge in [0.25, 0.3) is 5.91 Å². The van der Waals surface area contributed by atoms with Crippen LogP contribution in [0.5, 0.6) is 0 Å². The highest BCUT2D eigenvalue weighted by Crippen LogP contribution is 2.25. The van der Waals surface area contributed by atoms with E-state index in [1.807, 2.05) is 0 Å². The summed E-state index contributed by atoms with van der Waals surface area (Å²) in [6.07, 6.45) is 3.69. The topological polar surface area (TPSA) is 134 Å². The Labute approximate surface area is 187 Å². The zero-order valence-corrected chi connectivity index (χ0v) is 18.0. The summed E-state index contributed by atoms with van der Waals surface area (Å²) >= 11 is 6.13. The molecule has 8 heteroatoms. The van der Waals surface area contributed by atoms with Gasteiger partial charge in [0.1, 0.15) is 11.9 Å². The summed E-state index contributed by atoms with van der Waals surface area (Å²) < 4.78 is 0. The van der Waals surface area contributed by atoms with Crippen molar-refractivity contribution in [3.8, 4) is 0 Å². The Morgan fingerprint density at radius 2 is 1.74 bits per heavy atom. The van der Waals surface area contributed by atoms with Gasteiger partial charge in [0, 0.05) is 22.2 Å². The lowest BCUT2D eigenvalue weighted by Crippen LogP contribution is -2.45. The second kappa shape index (κ2) is 10.4. The predicted octanol–water partition coefficient (Wildman–Crippen LogP) is 2.73. The highest BCUT2D eigenvalue weighted by molar-refractivity contribution is 6.30. The molecule has 1 fully saturated rings. The first-order chi connectivity index (χ1) is 14.9. The lowest BCUT2D eigenvalue weighted by atomic mass is 9.86. The maximum Gasteiger partial charge on any atom is 0.252 e. The molecule has 164 valence electrons. The molecule has 2 aromatic carbocycles. The molecular formula is C23H28ClN5O2. The van der Waals surface area contributed by atoms with Crippen molar-refractivity contribution in [3.63, 3.8) is 0 Å². The molecule has 0 saturated heterocycles. The van der Waals surface area contributed by atoms with E-state index in [9.17, 15) is 9.59 Å². The van der Waals surface area contributed by atoms with E-state index in [-0.39, 0.29) is 17.8 Å². The Morgan fingerprint density at radius 1 is 1.06 bits per heavy atom. The number of rotatable bonds is 7. The molecule has 31 heavy (non-hydrogen) atoms. The number of nitrogens with one attached hydrogen (secondary N) is 3. The zero-order valence-electron chi connectivity index (χ0n) is 17.2. The monoisotopic (exact) mass is 441 g/mol. The first-order valence-corrected chi connectivity index (χ1v) is 10.8. The van der Waals surface area contributed by atoms with Gasteiger partial charge in [-0.15, -0.1) is 0 Å². The molecule has 1 saturated carbocycles. The number of halogens is 1. The number of benzene rings is 2. The molecule has 0 bridgehead atoms. The Balaban J connectivity index is 1.78. The lowest BCUT2D eigenvalue weighted by molar-refractivity contribution is -0.124. The minimum atomic E-state index is -0.903. The maximum atomic E-state index is 13.2. The number of amidine groups is 1. The molecule has 0 aromatic heterocycles. The van der Waals surface area contributed by atoms with Crippen molar-refractivity contribution in [2.45, 2.75) is 37.8 Å². The van der Waals surface area contributed by atoms with Crippen LogP contribution >= 0.6 is 11.6 Å². The van der Waals surface area contributed by atoms with Crippen molar-refractivity contribution >= 4 is 29.3 Å². The Bertz CT molecular complexity index is 956. The SMILES string of the molecule is N=C(N)c1cccc(C(=O)N[C@H](C(=O)NC2CCC(CN)CC2)c2cccc(Cl)c2)c1. The summed E-state index contributed by atoms with van der Waals surface area (Å²) in [5.74, 6) is -0.346. The third-order valence-electron chi connectivity index (χ3n) is 5.68. The largest absolute Gasteiger partial charge is 0.384 e. The molecule has 0 radical (unpaired) electrons. The number of amides is 2. The Morgan fingerprint density at radius 3 is 2.39 bits per heavy atom. The van der Waals surface area contributed by atoms with Gasteiger partial charge in [-0.1, -0.05) is 35.9 Å². The van der Waals surface area contributed by atoms with Crippen LogP contribution in [0.4, 0.5) is 0 Å². The van der Waals surface area contributed by atoms with Crippen LogP contribution in [0, 0.1) is 11.3 Å². The van der Waals surface area contributed by atoms with E-state index in [0.29, 0.717) is 34.2 Å². The smallest absolute Gasteiger partial charge is 0.252 e. The van der Waals surface area contributed by atoms with Gasteiger partial charge in [-0.2, -0.15) is 0 Å². The summed E-state index contributed by atoms with van der Waals surface area (Å²) in [5, 5.41) is 13.9. The first kappa shape index (κ1) is 22.8. The van der Waals surface area contributed by atoms with Gasteiger partial charge in [0.15, 0.2) is 0 Å². The van der Waals surface area contributed by atoms with E-state index in [4.69, 9.17) is 28.5 Å². The van der Waals surface area contributed by atoms with E-state index in [1.165, 1.54) is 6.07 Å².